The first-order valence-electron chi connectivity index (χ1n) is 6.03. The van der Waals surface area contributed by atoms with Crippen molar-refractivity contribution in [3.05, 3.63) is 51.5 Å². The standard InChI is InChI=1S/C14H15ClN2OS/c1-10-9-19-13(17-10)5-6-16-14(18)12-4-2-3-11(7-12)8-15/h2-4,7,9H,5-6,8H2,1H3,(H,16,18). The van der Waals surface area contributed by atoms with E-state index >= 15 is 0 Å². The summed E-state index contributed by atoms with van der Waals surface area (Å²) in [6.07, 6.45) is 0.763. The summed E-state index contributed by atoms with van der Waals surface area (Å²) in [6.45, 7) is 2.56. The Hall–Kier alpha value is -1.39. The second kappa shape index (κ2) is 6.68. The number of nitrogens with one attached hydrogen (secondary N) is 1. The molecule has 2 rings (SSSR count). The zero-order valence-corrected chi connectivity index (χ0v) is 12.2. The van der Waals surface area contributed by atoms with Crippen LogP contribution in [-0.4, -0.2) is 17.4 Å². The molecule has 0 radical (unpaired) electrons. The molecule has 1 aromatic heterocycles. The quantitative estimate of drug-likeness (QED) is 0.861. The first kappa shape index (κ1) is 14.0. The predicted molar refractivity (Wildman–Crippen MR) is 78.9 cm³/mol. The van der Waals surface area contributed by atoms with Gasteiger partial charge in [0.05, 0.1) is 5.01 Å². The average Bonchev–Trinajstić information content (AvgIpc) is 2.84. The third-order valence-electron chi connectivity index (χ3n) is 2.63. The van der Waals surface area contributed by atoms with Crippen molar-refractivity contribution < 1.29 is 4.79 Å². The van der Waals surface area contributed by atoms with Gasteiger partial charge in [-0.2, -0.15) is 0 Å². The van der Waals surface area contributed by atoms with Gasteiger partial charge in [-0.25, -0.2) is 4.98 Å². The number of aryl methyl sites for hydroxylation is 1. The van der Waals surface area contributed by atoms with Crippen LogP contribution in [0.1, 0.15) is 26.6 Å². The van der Waals surface area contributed by atoms with Crippen LogP contribution in [0.5, 0.6) is 0 Å². The summed E-state index contributed by atoms with van der Waals surface area (Å²) in [5, 5.41) is 5.96. The summed E-state index contributed by atoms with van der Waals surface area (Å²) in [7, 11) is 0. The van der Waals surface area contributed by atoms with E-state index in [-0.39, 0.29) is 5.91 Å². The molecule has 2 aromatic rings. The molecule has 5 heteroatoms. The highest BCUT2D eigenvalue weighted by Gasteiger charge is 2.06. The number of halogens is 1. The Bertz CT molecular complexity index is 568. The number of hydrogen-bond donors (Lipinski definition) is 1. The molecule has 0 fully saturated rings. The molecular weight excluding hydrogens is 280 g/mol. The molecule has 0 aliphatic heterocycles. The zero-order chi connectivity index (χ0) is 13.7. The van der Waals surface area contributed by atoms with Crippen molar-refractivity contribution in [2.24, 2.45) is 0 Å². The van der Waals surface area contributed by atoms with E-state index in [1.807, 2.05) is 30.5 Å². The Morgan fingerprint density at radius 3 is 3.00 bits per heavy atom. The molecule has 1 amide bonds. The molecule has 100 valence electrons. The highest BCUT2D eigenvalue weighted by Crippen LogP contribution is 2.09. The van der Waals surface area contributed by atoms with Gasteiger partial charge in [-0.1, -0.05) is 12.1 Å². The lowest BCUT2D eigenvalue weighted by Crippen LogP contribution is -2.25. The molecule has 0 aliphatic rings. The Morgan fingerprint density at radius 1 is 1.47 bits per heavy atom. The van der Waals surface area contributed by atoms with Crippen molar-refractivity contribution in [2.45, 2.75) is 19.2 Å². The summed E-state index contributed by atoms with van der Waals surface area (Å²) in [4.78, 5) is 16.3. The van der Waals surface area contributed by atoms with E-state index in [1.54, 1.807) is 17.4 Å². The lowest BCUT2D eigenvalue weighted by Gasteiger charge is -2.05. The second-order valence-electron chi connectivity index (χ2n) is 4.22. The monoisotopic (exact) mass is 294 g/mol. The zero-order valence-electron chi connectivity index (χ0n) is 10.6. The molecular formula is C14H15ClN2OS. The number of benzene rings is 1. The maximum atomic E-state index is 11.9. The van der Waals surface area contributed by atoms with Gasteiger partial charge < -0.3 is 5.32 Å². The largest absolute Gasteiger partial charge is 0.352 e. The van der Waals surface area contributed by atoms with Gasteiger partial charge in [0, 0.05) is 35.5 Å². The predicted octanol–water partition coefficient (Wildman–Crippen LogP) is 3.16. The van der Waals surface area contributed by atoms with Gasteiger partial charge in [-0.3, -0.25) is 4.79 Å². The molecule has 0 aliphatic carbocycles. The van der Waals surface area contributed by atoms with E-state index in [4.69, 9.17) is 11.6 Å². The minimum absolute atomic E-state index is 0.0692. The molecule has 0 spiro atoms. The van der Waals surface area contributed by atoms with E-state index in [1.165, 1.54) is 0 Å². The van der Waals surface area contributed by atoms with Crippen LogP contribution in [0.15, 0.2) is 29.6 Å². The minimum Gasteiger partial charge on any atom is -0.352 e. The van der Waals surface area contributed by atoms with E-state index in [9.17, 15) is 4.79 Å². The Balaban J connectivity index is 1.87. The van der Waals surface area contributed by atoms with Crippen LogP contribution in [0.3, 0.4) is 0 Å². The van der Waals surface area contributed by atoms with Crippen LogP contribution in [0.25, 0.3) is 0 Å². The fraction of sp³-hybridized carbons (Fsp3) is 0.286. The minimum atomic E-state index is -0.0692. The lowest BCUT2D eigenvalue weighted by molar-refractivity contribution is 0.0954. The maximum Gasteiger partial charge on any atom is 0.251 e. The highest BCUT2D eigenvalue weighted by molar-refractivity contribution is 7.09. The van der Waals surface area contributed by atoms with Gasteiger partial charge >= 0.3 is 0 Å². The SMILES string of the molecule is Cc1csc(CCNC(=O)c2cccc(CCl)c2)n1. The molecule has 0 saturated heterocycles. The first-order valence-corrected chi connectivity index (χ1v) is 7.44. The van der Waals surface area contributed by atoms with E-state index in [0.29, 0.717) is 18.0 Å². The second-order valence-corrected chi connectivity index (χ2v) is 5.43. The molecule has 1 N–H and O–H groups in total. The Morgan fingerprint density at radius 2 is 2.32 bits per heavy atom. The summed E-state index contributed by atoms with van der Waals surface area (Å²) >= 11 is 7.37. The van der Waals surface area contributed by atoms with Crippen molar-refractivity contribution in [1.82, 2.24) is 10.3 Å². The van der Waals surface area contributed by atoms with Crippen LogP contribution < -0.4 is 5.32 Å². The molecule has 0 bridgehead atoms. The smallest absolute Gasteiger partial charge is 0.251 e. The number of rotatable bonds is 5. The van der Waals surface area contributed by atoms with Crippen LogP contribution in [0, 0.1) is 6.92 Å². The van der Waals surface area contributed by atoms with Crippen LogP contribution >= 0.6 is 22.9 Å². The van der Waals surface area contributed by atoms with Crippen molar-refractivity contribution in [1.29, 1.82) is 0 Å². The third kappa shape index (κ3) is 4.04. The van der Waals surface area contributed by atoms with Crippen LogP contribution in [0.2, 0.25) is 0 Å². The van der Waals surface area contributed by atoms with Gasteiger partial charge in [0.15, 0.2) is 0 Å². The normalized spacial score (nSPS) is 10.4. The molecule has 1 aromatic carbocycles. The van der Waals surface area contributed by atoms with Gasteiger partial charge in [-0.05, 0) is 24.6 Å². The molecule has 0 atom stereocenters. The third-order valence-corrected chi connectivity index (χ3v) is 3.97. The molecule has 19 heavy (non-hydrogen) atoms. The average molecular weight is 295 g/mol. The summed E-state index contributed by atoms with van der Waals surface area (Å²) < 4.78 is 0. The Kier molecular flexibility index (Phi) is 4.93. The molecule has 0 saturated carbocycles. The number of thiazole rings is 1. The number of amides is 1. The van der Waals surface area contributed by atoms with Crippen LogP contribution in [-0.2, 0) is 12.3 Å². The summed E-state index contributed by atoms with van der Waals surface area (Å²) in [5.41, 5.74) is 2.62. The van der Waals surface area contributed by atoms with Gasteiger partial charge in [0.1, 0.15) is 0 Å². The fourth-order valence-electron chi connectivity index (χ4n) is 1.70. The number of nitrogens with zero attached hydrogens (tertiary/aromatic N) is 1. The van der Waals surface area contributed by atoms with Crippen molar-refractivity contribution in [3.63, 3.8) is 0 Å². The number of hydrogen-bond acceptors (Lipinski definition) is 3. The van der Waals surface area contributed by atoms with Gasteiger partial charge in [0.25, 0.3) is 5.91 Å². The van der Waals surface area contributed by atoms with E-state index < -0.39 is 0 Å². The number of aromatic nitrogens is 1. The molecule has 1 heterocycles. The summed E-state index contributed by atoms with van der Waals surface area (Å²) in [5.74, 6) is 0.347. The Labute approximate surface area is 121 Å². The van der Waals surface area contributed by atoms with Gasteiger partial charge in [-0.15, -0.1) is 22.9 Å². The van der Waals surface area contributed by atoms with E-state index in [2.05, 4.69) is 10.3 Å². The maximum absolute atomic E-state index is 11.9. The molecule has 3 nitrogen and oxygen atoms in total. The fourth-order valence-corrected chi connectivity index (χ4v) is 2.64. The summed E-state index contributed by atoms with van der Waals surface area (Å²) in [6, 6.07) is 7.35. The lowest BCUT2D eigenvalue weighted by atomic mass is 10.1. The topological polar surface area (TPSA) is 42.0 Å². The molecule has 0 unspecified atom stereocenters. The van der Waals surface area contributed by atoms with Crippen LogP contribution in [0.4, 0.5) is 0 Å². The van der Waals surface area contributed by atoms with E-state index in [0.717, 1.165) is 22.7 Å². The van der Waals surface area contributed by atoms with Crippen molar-refractivity contribution in [2.75, 3.05) is 6.54 Å². The number of alkyl halides is 1. The first-order chi connectivity index (χ1) is 9.19. The van der Waals surface area contributed by atoms with Crippen molar-refractivity contribution >= 4 is 28.8 Å². The van der Waals surface area contributed by atoms with Gasteiger partial charge in [0.2, 0.25) is 0 Å². The number of carbonyl (C=O) groups is 1. The number of carbonyl (C=O) groups excluding carboxylic acids is 1. The highest BCUT2D eigenvalue weighted by atomic mass is 35.5. The van der Waals surface area contributed by atoms with Crippen molar-refractivity contribution in [3.8, 4) is 0 Å².